The number of piperazine rings is 1. The standard InChI is InChI=1S/C26H31N7O/c1-31-15-17-32(18-16-31)21-9-7-20(8-10-21)29-25(34)19-33-14-4-6-24(33)22-11-13-28-26(30-22)23-5-2-3-12-27-23/h2-3,5,7-13,24H,4,6,14-19H2,1H3,(H,29,34)/t24-/m1/s1. The van der Waals surface area contributed by atoms with E-state index < -0.39 is 0 Å². The highest BCUT2D eigenvalue weighted by molar-refractivity contribution is 5.92. The van der Waals surface area contributed by atoms with E-state index in [4.69, 9.17) is 4.98 Å². The lowest BCUT2D eigenvalue weighted by molar-refractivity contribution is -0.117. The van der Waals surface area contributed by atoms with Crippen LogP contribution in [0.3, 0.4) is 0 Å². The highest BCUT2D eigenvalue weighted by Gasteiger charge is 2.29. The SMILES string of the molecule is CN1CCN(c2ccc(NC(=O)CN3CCC[C@@H]3c3ccnc(-c4ccccn4)n3)cc2)CC1. The molecule has 176 valence electrons. The van der Waals surface area contributed by atoms with Crippen molar-refractivity contribution in [2.45, 2.75) is 18.9 Å². The molecule has 0 spiro atoms. The number of carbonyl (C=O) groups excluding carboxylic acids is 1. The second kappa shape index (κ2) is 10.3. The van der Waals surface area contributed by atoms with Crippen molar-refractivity contribution in [2.75, 3.05) is 56.5 Å². The highest BCUT2D eigenvalue weighted by atomic mass is 16.2. The molecule has 2 aliphatic rings. The Bertz CT molecular complexity index is 1100. The van der Waals surface area contributed by atoms with Gasteiger partial charge in [-0.2, -0.15) is 0 Å². The van der Waals surface area contributed by atoms with Gasteiger partial charge in [-0.1, -0.05) is 6.07 Å². The molecule has 4 heterocycles. The molecule has 2 aliphatic heterocycles. The second-order valence-electron chi connectivity index (χ2n) is 9.03. The molecule has 0 saturated carbocycles. The number of likely N-dealkylation sites (N-methyl/N-ethyl adjacent to an activating group) is 1. The van der Waals surface area contributed by atoms with Gasteiger partial charge in [-0.25, -0.2) is 9.97 Å². The average Bonchev–Trinajstić information content (AvgIpc) is 3.33. The van der Waals surface area contributed by atoms with Crippen molar-refractivity contribution < 1.29 is 4.79 Å². The molecule has 1 N–H and O–H groups in total. The Kier molecular flexibility index (Phi) is 6.78. The van der Waals surface area contributed by atoms with Gasteiger partial charge in [-0.15, -0.1) is 0 Å². The van der Waals surface area contributed by atoms with Crippen molar-refractivity contribution >= 4 is 17.3 Å². The van der Waals surface area contributed by atoms with Crippen LogP contribution in [0.15, 0.2) is 60.9 Å². The maximum atomic E-state index is 12.8. The summed E-state index contributed by atoms with van der Waals surface area (Å²) in [4.78, 5) is 33.3. The van der Waals surface area contributed by atoms with E-state index in [1.165, 1.54) is 5.69 Å². The van der Waals surface area contributed by atoms with Crippen LogP contribution in [0.4, 0.5) is 11.4 Å². The topological polar surface area (TPSA) is 77.5 Å². The Labute approximate surface area is 200 Å². The lowest BCUT2D eigenvalue weighted by atomic mass is 10.1. The quantitative estimate of drug-likeness (QED) is 0.610. The fourth-order valence-electron chi connectivity index (χ4n) is 4.73. The van der Waals surface area contributed by atoms with Crippen molar-refractivity contribution in [2.24, 2.45) is 0 Å². The molecule has 0 unspecified atom stereocenters. The van der Waals surface area contributed by atoms with Gasteiger partial charge in [0.25, 0.3) is 0 Å². The first kappa shape index (κ1) is 22.4. The maximum Gasteiger partial charge on any atom is 0.238 e. The van der Waals surface area contributed by atoms with E-state index in [0.29, 0.717) is 12.4 Å². The number of amides is 1. The minimum absolute atomic E-state index is 0.00162. The lowest BCUT2D eigenvalue weighted by Crippen LogP contribution is -2.44. The fourth-order valence-corrected chi connectivity index (χ4v) is 4.73. The lowest BCUT2D eigenvalue weighted by Gasteiger charge is -2.34. The van der Waals surface area contributed by atoms with Gasteiger partial charge < -0.3 is 15.1 Å². The molecule has 1 atom stereocenters. The summed E-state index contributed by atoms with van der Waals surface area (Å²) in [5.41, 5.74) is 3.74. The van der Waals surface area contributed by atoms with Crippen molar-refractivity contribution in [1.29, 1.82) is 0 Å². The monoisotopic (exact) mass is 457 g/mol. The number of hydrogen-bond acceptors (Lipinski definition) is 7. The molecular weight excluding hydrogens is 426 g/mol. The molecule has 0 bridgehead atoms. The predicted molar refractivity (Wildman–Crippen MR) is 134 cm³/mol. The van der Waals surface area contributed by atoms with Gasteiger partial charge in [0.2, 0.25) is 5.91 Å². The summed E-state index contributed by atoms with van der Waals surface area (Å²) >= 11 is 0. The molecule has 0 aliphatic carbocycles. The molecule has 34 heavy (non-hydrogen) atoms. The second-order valence-corrected chi connectivity index (χ2v) is 9.03. The van der Waals surface area contributed by atoms with E-state index in [1.807, 2.05) is 36.4 Å². The molecule has 1 aromatic carbocycles. The molecule has 8 nitrogen and oxygen atoms in total. The Morgan fingerprint density at radius 2 is 1.79 bits per heavy atom. The fraction of sp³-hybridized carbons (Fsp3) is 0.385. The van der Waals surface area contributed by atoms with Crippen molar-refractivity contribution in [3.05, 3.63) is 66.6 Å². The van der Waals surface area contributed by atoms with Gasteiger partial charge in [0, 0.05) is 49.9 Å². The van der Waals surface area contributed by atoms with E-state index in [9.17, 15) is 4.79 Å². The van der Waals surface area contributed by atoms with Crippen LogP contribution in [0.25, 0.3) is 11.5 Å². The van der Waals surface area contributed by atoms with Crippen molar-refractivity contribution in [1.82, 2.24) is 24.8 Å². The van der Waals surface area contributed by atoms with E-state index in [1.54, 1.807) is 12.4 Å². The summed E-state index contributed by atoms with van der Waals surface area (Å²) in [6.45, 7) is 5.43. The Morgan fingerprint density at radius 3 is 2.56 bits per heavy atom. The predicted octanol–water partition coefficient (Wildman–Crippen LogP) is 3.07. The molecule has 0 radical (unpaired) electrons. The number of hydrogen-bond donors (Lipinski definition) is 1. The molecule has 2 saturated heterocycles. The molecule has 8 heteroatoms. The van der Waals surface area contributed by atoms with E-state index in [2.05, 4.69) is 49.2 Å². The van der Waals surface area contributed by atoms with Crippen LogP contribution in [0.5, 0.6) is 0 Å². The number of likely N-dealkylation sites (tertiary alicyclic amines) is 1. The van der Waals surface area contributed by atoms with E-state index in [0.717, 1.165) is 62.6 Å². The van der Waals surface area contributed by atoms with Crippen molar-refractivity contribution in [3.63, 3.8) is 0 Å². The average molecular weight is 458 g/mol. The third-order valence-electron chi connectivity index (χ3n) is 6.64. The maximum absolute atomic E-state index is 12.8. The van der Waals surface area contributed by atoms with Crippen LogP contribution < -0.4 is 10.2 Å². The first-order chi connectivity index (χ1) is 16.7. The summed E-state index contributed by atoms with van der Waals surface area (Å²) in [6.07, 6.45) is 5.55. The number of aromatic nitrogens is 3. The number of benzene rings is 1. The first-order valence-corrected chi connectivity index (χ1v) is 12.0. The van der Waals surface area contributed by atoms with Crippen LogP contribution >= 0.6 is 0 Å². The van der Waals surface area contributed by atoms with Gasteiger partial charge >= 0.3 is 0 Å². The van der Waals surface area contributed by atoms with Crippen molar-refractivity contribution in [3.8, 4) is 11.5 Å². The summed E-state index contributed by atoms with van der Waals surface area (Å²) in [5.74, 6) is 0.619. The van der Waals surface area contributed by atoms with Gasteiger partial charge in [0.05, 0.1) is 18.3 Å². The number of rotatable bonds is 6. The number of carbonyl (C=O) groups is 1. The Hall–Kier alpha value is -3.36. The first-order valence-electron chi connectivity index (χ1n) is 12.0. The largest absolute Gasteiger partial charge is 0.369 e. The summed E-state index contributed by atoms with van der Waals surface area (Å²) in [7, 11) is 2.16. The van der Waals surface area contributed by atoms with Crippen LogP contribution in [-0.2, 0) is 4.79 Å². The normalized spacial score (nSPS) is 19.3. The summed E-state index contributed by atoms with van der Waals surface area (Å²) < 4.78 is 0. The third kappa shape index (κ3) is 5.24. The van der Waals surface area contributed by atoms with Crippen LogP contribution in [0.2, 0.25) is 0 Å². The highest BCUT2D eigenvalue weighted by Crippen LogP contribution is 2.31. The Balaban J connectivity index is 1.20. The Morgan fingerprint density at radius 1 is 0.971 bits per heavy atom. The number of nitrogens with one attached hydrogen (secondary N) is 1. The number of nitrogens with zero attached hydrogens (tertiary/aromatic N) is 6. The zero-order valence-corrected chi connectivity index (χ0v) is 19.6. The molecule has 5 rings (SSSR count). The number of anilines is 2. The molecular formula is C26H31N7O. The molecule has 1 amide bonds. The van der Waals surface area contributed by atoms with E-state index in [-0.39, 0.29) is 11.9 Å². The third-order valence-corrected chi connectivity index (χ3v) is 6.64. The molecule has 2 fully saturated rings. The summed E-state index contributed by atoms with van der Waals surface area (Å²) in [6, 6.07) is 16.0. The van der Waals surface area contributed by atoms with Crippen LogP contribution in [0.1, 0.15) is 24.6 Å². The van der Waals surface area contributed by atoms with Gasteiger partial charge in [-0.3, -0.25) is 14.7 Å². The van der Waals surface area contributed by atoms with E-state index >= 15 is 0 Å². The van der Waals surface area contributed by atoms with Gasteiger partial charge in [0.15, 0.2) is 5.82 Å². The minimum atomic E-state index is -0.00162. The zero-order valence-electron chi connectivity index (χ0n) is 19.6. The molecule has 2 aromatic heterocycles. The molecule has 3 aromatic rings. The van der Waals surface area contributed by atoms with Gasteiger partial charge in [0.1, 0.15) is 5.69 Å². The smallest absolute Gasteiger partial charge is 0.238 e. The minimum Gasteiger partial charge on any atom is -0.369 e. The number of pyridine rings is 1. The van der Waals surface area contributed by atoms with Gasteiger partial charge in [-0.05, 0) is 68.9 Å². The van der Waals surface area contributed by atoms with Crippen LogP contribution in [0, 0.1) is 0 Å². The summed E-state index contributed by atoms with van der Waals surface area (Å²) in [5, 5.41) is 3.07. The van der Waals surface area contributed by atoms with Crippen LogP contribution in [-0.4, -0.2) is 77.0 Å². The zero-order chi connectivity index (χ0) is 23.3.